The van der Waals surface area contributed by atoms with Crippen LogP contribution in [0.15, 0.2) is 53.7 Å². The van der Waals surface area contributed by atoms with Gasteiger partial charge in [-0.1, -0.05) is 42.1 Å². The van der Waals surface area contributed by atoms with Crippen LogP contribution in [0.25, 0.3) is 22.1 Å². The molecule has 2 N–H and O–H groups in total. The molecule has 0 spiro atoms. The Labute approximate surface area is 140 Å². The average Bonchev–Trinajstić information content (AvgIpc) is 2.98. The van der Waals surface area contributed by atoms with Crippen LogP contribution in [-0.2, 0) is 5.75 Å². The standard InChI is InChI=1S/C17H12N4O2S/c22-16(23)11-7-5-10(6-8-11)9-24-17-19-15-14(20-21-17)12-3-1-2-4-13(12)18-15/h1-8H,9H2,(H,22,23)(H,18,19,21). The third-order valence-electron chi connectivity index (χ3n) is 3.67. The third kappa shape index (κ3) is 2.69. The number of rotatable bonds is 4. The lowest BCUT2D eigenvalue weighted by Crippen LogP contribution is -1.96. The maximum Gasteiger partial charge on any atom is 0.335 e. The van der Waals surface area contributed by atoms with E-state index in [0.717, 1.165) is 27.6 Å². The molecule has 0 aliphatic carbocycles. The Morgan fingerprint density at radius 1 is 1.08 bits per heavy atom. The van der Waals surface area contributed by atoms with Gasteiger partial charge in [0.2, 0.25) is 5.16 Å². The van der Waals surface area contributed by atoms with Crippen molar-refractivity contribution >= 4 is 39.8 Å². The molecule has 0 atom stereocenters. The maximum absolute atomic E-state index is 10.9. The number of carboxylic acid groups (broad SMARTS) is 1. The molecule has 7 heteroatoms. The van der Waals surface area contributed by atoms with Crippen molar-refractivity contribution in [3.63, 3.8) is 0 Å². The van der Waals surface area contributed by atoms with E-state index in [9.17, 15) is 4.79 Å². The van der Waals surface area contributed by atoms with Gasteiger partial charge in [0.1, 0.15) is 5.52 Å². The van der Waals surface area contributed by atoms with E-state index in [2.05, 4.69) is 20.2 Å². The van der Waals surface area contributed by atoms with Crippen LogP contribution >= 0.6 is 11.8 Å². The second-order valence-electron chi connectivity index (χ2n) is 5.25. The van der Waals surface area contributed by atoms with Gasteiger partial charge in [-0.2, -0.15) is 0 Å². The summed E-state index contributed by atoms with van der Waals surface area (Å²) in [7, 11) is 0. The van der Waals surface area contributed by atoms with Gasteiger partial charge in [-0.05, 0) is 23.8 Å². The number of nitrogens with one attached hydrogen (secondary N) is 1. The second kappa shape index (κ2) is 5.93. The van der Waals surface area contributed by atoms with Crippen molar-refractivity contribution in [2.24, 2.45) is 0 Å². The quantitative estimate of drug-likeness (QED) is 0.554. The normalized spacial score (nSPS) is 11.2. The SMILES string of the molecule is O=C(O)c1ccc(CSc2nnc3c(n2)[nH]c2ccccc23)cc1. The van der Waals surface area contributed by atoms with Crippen molar-refractivity contribution in [2.75, 3.05) is 0 Å². The van der Waals surface area contributed by atoms with Gasteiger partial charge in [0, 0.05) is 16.7 Å². The number of hydrogen-bond donors (Lipinski definition) is 2. The zero-order valence-electron chi connectivity index (χ0n) is 12.4. The molecular formula is C17H12N4O2S. The summed E-state index contributed by atoms with van der Waals surface area (Å²) in [5, 5.41) is 18.9. The first-order chi connectivity index (χ1) is 11.7. The van der Waals surface area contributed by atoms with Crippen LogP contribution in [0.2, 0.25) is 0 Å². The van der Waals surface area contributed by atoms with E-state index in [-0.39, 0.29) is 5.56 Å². The fourth-order valence-electron chi connectivity index (χ4n) is 2.46. The number of carboxylic acids is 1. The van der Waals surface area contributed by atoms with E-state index in [0.29, 0.717) is 10.9 Å². The molecule has 0 radical (unpaired) electrons. The predicted octanol–water partition coefficient (Wildman–Crippen LogP) is 3.50. The minimum Gasteiger partial charge on any atom is -0.478 e. The van der Waals surface area contributed by atoms with Crippen LogP contribution in [-0.4, -0.2) is 31.2 Å². The van der Waals surface area contributed by atoms with E-state index in [1.807, 2.05) is 24.3 Å². The Kier molecular flexibility index (Phi) is 3.62. The molecule has 0 saturated carbocycles. The highest BCUT2D eigenvalue weighted by atomic mass is 32.2. The summed E-state index contributed by atoms with van der Waals surface area (Å²) in [6.07, 6.45) is 0. The molecule has 0 amide bonds. The molecule has 2 aromatic heterocycles. The highest BCUT2D eigenvalue weighted by Crippen LogP contribution is 2.24. The lowest BCUT2D eigenvalue weighted by atomic mass is 10.1. The molecule has 24 heavy (non-hydrogen) atoms. The number of hydrogen-bond acceptors (Lipinski definition) is 5. The zero-order chi connectivity index (χ0) is 16.5. The Morgan fingerprint density at radius 3 is 2.67 bits per heavy atom. The number of nitrogens with zero attached hydrogens (tertiary/aromatic N) is 3. The van der Waals surface area contributed by atoms with Crippen LogP contribution in [0.1, 0.15) is 15.9 Å². The van der Waals surface area contributed by atoms with Crippen LogP contribution in [0.5, 0.6) is 0 Å². The smallest absolute Gasteiger partial charge is 0.335 e. The largest absolute Gasteiger partial charge is 0.478 e. The summed E-state index contributed by atoms with van der Waals surface area (Å²) in [4.78, 5) is 18.6. The van der Waals surface area contributed by atoms with E-state index in [1.54, 1.807) is 24.3 Å². The first kappa shape index (κ1) is 14.6. The average molecular weight is 336 g/mol. The van der Waals surface area contributed by atoms with Gasteiger partial charge in [-0.15, -0.1) is 10.2 Å². The summed E-state index contributed by atoms with van der Waals surface area (Å²) in [5.41, 5.74) is 3.75. The van der Waals surface area contributed by atoms with Crippen molar-refractivity contribution in [2.45, 2.75) is 10.9 Å². The lowest BCUT2D eigenvalue weighted by molar-refractivity contribution is 0.0697. The van der Waals surface area contributed by atoms with Gasteiger partial charge >= 0.3 is 5.97 Å². The molecule has 118 valence electrons. The number of para-hydroxylation sites is 1. The number of aromatic amines is 1. The fourth-order valence-corrected chi connectivity index (χ4v) is 3.20. The van der Waals surface area contributed by atoms with Crippen LogP contribution < -0.4 is 0 Å². The Balaban J connectivity index is 1.56. The molecule has 0 aliphatic rings. The van der Waals surface area contributed by atoms with Crippen molar-refractivity contribution in [1.29, 1.82) is 0 Å². The Hall–Kier alpha value is -2.93. The summed E-state index contributed by atoms with van der Waals surface area (Å²) < 4.78 is 0. The summed E-state index contributed by atoms with van der Waals surface area (Å²) >= 11 is 1.46. The van der Waals surface area contributed by atoms with E-state index < -0.39 is 5.97 Å². The van der Waals surface area contributed by atoms with Gasteiger partial charge < -0.3 is 10.1 Å². The zero-order valence-corrected chi connectivity index (χ0v) is 13.2. The molecule has 6 nitrogen and oxygen atoms in total. The number of aromatic carboxylic acids is 1. The van der Waals surface area contributed by atoms with Crippen molar-refractivity contribution in [3.8, 4) is 0 Å². The minimum atomic E-state index is -0.925. The van der Waals surface area contributed by atoms with Crippen LogP contribution in [0.3, 0.4) is 0 Å². The maximum atomic E-state index is 10.9. The highest BCUT2D eigenvalue weighted by molar-refractivity contribution is 7.98. The number of thioether (sulfide) groups is 1. The monoisotopic (exact) mass is 336 g/mol. The molecule has 4 aromatic rings. The Morgan fingerprint density at radius 2 is 1.88 bits per heavy atom. The molecule has 0 fully saturated rings. The number of aromatic nitrogens is 4. The number of carbonyl (C=O) groups is 1. The summed E-state index contributed by atoms with van der Waals surface area (Å²) in [6, 6.07) is 14.7. The number of fused-ring (bicyclic) bond motifs is 3. The van der Waals surface area contributed by atoms with Crippen LogP contribution in [0, 0.1) is 0 Å². The topological polar surface area (TPSA) is 91.8 Å². The second-order valence-corrected chi connectivity index (χ2v) is 6.20. The summed E-state index contributed by atoms with van der Waals surface area (Å²) in [6.45, 7) is 0. The first-order valence-corrected chi connectivity index (χ1v) is 8.25. The Bertz CT molecular complexity index is 1040. The molecular weight excluding hydrogens is 324 g/mol. The third-order valence-corrected chi connectivity index (χ3v) is 4.58. The molecule has 0 saturated heterocycles. The molecule has 2 heterocycles. The molecule has 0 unspecified atom stereocenters. The van der Waals surface area contributed by atoms with Gasteiger partial charge in [-0.25, -0.2) is 9.78 Å². The van der Waals surface area contributed by atoms with E-state index in [4.69, 9.17) is 5.11 Å². The predicted molar refractivity (Wildman–Crippen MR) is 92.2 cm³/mol. The first-order valence-electron chi connectivity index (χ1n) is 7.27. The van der Waals surface area contributed by atoms with Gasteiger partial charge in [0.25, 0.3) is 0 Å². The molecule has 0 aliphatic heterocycles. The molecule has 4 rings (SSSR count). The minimum absolute atomic E-state index is 0.279. The fraction of sp³-hybridized carbons (Fsp3) is 0.0588. The van der Waals surface area contributed by atoms with E-state index >= 15 is 0 Å². The van der Waals surface area contributed by atoms with Crippen molar-refractivity contribution in [3.05, 3.63) is 59.7 Å². The van der Waals surface area contributed by atoms with Crippen LogP contribution in [0.4, 0.5) is 0 Å². The number of benzene rings is 2. The van der Waals surface area contributed by atoms with Crippen molar-refractivity contribution < 1.29 is 9.90 Å². The molecule has 2 aromatic carbocycles. The van der Waals surface area contributed by atoms with Gasteiger partial charge in [0.05, 0.1) is 5.56 Å². The van der Waals surface area contributed by atoms with Gasteiger partial charge in [0.15, 0.2) is 5.65 Å². The van der Waals surface area contributed by atoms with E-state index in [1.165, 1.54) is 11.8 Å². The molecule has 0 bridgehead atoms. The number of H-pyrrole nitrogens is 1. The van der Waals surface area contributed by atoms with Gasteiger partial charge in [-0.3, -0.25) is 0 Å². The summed E-state index contributed by atoms with van der Waals surface area (Å²) in [5.74, 6) is -0.279. The van der Waals surface area contributed by atoms with Crippen molar-refractivity contribution in [1.82, 2.24) is 20.2 Å². The lowest BCUT2D eigenvalue weighted by Gasteiger charge is -2.01. The highest BCUT2D eigenvalue weighted by Gasteiger charge is 2.09.